The third-order valence-electron chi connectivity index (χ3n) is 6.55. The molecule has 1 aliphatic heterocycles. The number of hydrogen-bond donors (Lipinski definition) is 0. The van der Waals surface area contributed by atoms with Crippen LogP contribution in [0.3, 0.4) is 0 Å². The lowest BCUT2D eigenvalue weighted by atomic mass is 9.96. The van der Waals surface area contributed by atoms with Crippen molar-refractivity contribution in [2.75, 3.05) is 18.0 Å². The van der Waals surface area contributed by atoms with Gasteiger partial charge in [-0.3, -0.25) is 18.8 Å². The van der Waals surface area contributed by atoms with Gasteiger partial charge < -0.3 is 4.90 Å². The van der Waals surface area contributed by atoms with Crippen LogP contribution in [0.5, 0.6) is 0 Å². The Labute approximate surface area is 173 Å². The molecule has 1 saturated heterocycles. The molecule has 9 nitrogen and oxygen atoms in total. The molecule has 0 spiro atoms. The molecule has 0 bridgehead atoms. The molecule has 2 aliphatic rings. The van der Waals surface area contributed by atoms with Gasteiger partial charge in [0.05, 0.1) is 11.9 Å². The largest absolute Gasteiger partial charge is 0.342 e. The van der Waals surface area contributed by atoms with E-state index in [1.807, 2.05) is 0 Å². The van der Waals surface area contributed by atoms with Crippen LogP contribution in [0.15, 0.2) is 21.9 Å². The fourth-order valence-corrected chi connectivity index (χ4v) is 4.73. The Hall–Kier alpha value is -2.97. The van der Waals surface area contributed by atoms with E-state index in [2.05, 4.69) is 15.1 Å². The molecule has 158 valence electrons. The molecule has 0 N–H and O–H groups in total. The van der Waals surface area contributed by atoms with Crippen LogP contribution >= 0.6 is 0 Å². The lowest BCUT2D eigenvalue weighted by molar-refractivity contribution is 0.329. The average molecular weight is 409 g/mol. The fraction of sp³-hybridized carbons (Fsp3) is 0.571. The van der Waals surface area contributed by atoms with Gasteiger partial charge in [0.15, 0.2) is 5.65 Å². The molecule has 1 aliphatic carbocycles. The standard InChI is InChI=1S/C21H27N7O2/c1-25-20(30)16-12-22-26(2)19(16)23-21(25)27-9-7-14(8-10-27)13-28-18(29)11-15-5-3-4-6-17(15)24-28/h11-12,14H,3-10,13H2,1-2H3. The number of piperidine rings is 1. The first-order valence-electron chi connectivity index (χ1n) is 10.7. The number of hydrogen-bond acceptors (Lipinski definition) is 6. The highest BCUT2D eigenvalue weighted by atomic mass is 16.1. The van der Waals surface area contributed by atoms with E-state index < -0.39 is 0 Å². The molecule has 9 heteroatoms. The molecule has 5 rings (SSSR count). The number of nitrogens with zero attached hydrogens (tertiary/aromatic N) is 7. The van der Waals surface area contributed by atoms with Crippen LogP contribution in [0.2, 0.25) is 0 Å². The van der Waals surface area contributed by atoms with Crippen molar-refractivity contribution >= 4 is 17.0 Å². The van der Waals surface area contributed by atoms with Crippen LogP contribution in [-0.2, 0) is 33.5 Å². The summed E-state index contributed by atoms with van der Waals surface area (Å²) in [6.45, 7) is 2.26. The molecule has 1 fully saturated rings. The number of aryl methyl sites for hydroxylation is 3. The van der Waals surface area contributed by atoms with Crippen LogP contribution < -0.4 is 16.0 Å². The molecular formula is C21H27N7O2. The average Bonchev–Trinajstić information content (AvgIpc) is 3.12. The highest BCUT2D eigenvalue weighted by Crippen LogP contribution is 2.23. The number of anilines is 1. The van der Waals surface area contributed by atoms with Crippen molar-refractivity contribution in [1.29, 1.82) is 0 Å². The van der Waals surface area contributed by atoms with E-state index in [-0.39, 0.29) is 11.1 Å². The lowest BCUT2D eigenvalue weighted by Crippen LogP contribution is -2.40. The molecule has 0 unspecified atom stereocenters. The van der Waals surface area contributed by atoms with Gasteiger partial charge in [0.1, 0.15) is 5.39 Å². The molecule has 0 saturated carbocycles. The van der Waals surface area contributed by atoms with E-state index in [1.54, 1.807) is 40.3 Å². The SMILES string of the molecule is Cn1c(N2CCC(Cn3nc4c(cc3=O)CCCC4)CC2)nc2c(cnn2C)c1=O. The van der Waals surface area contributed by atoms with E-state index in [1.165, 1.54) is 0 Å². The van der Waals surface area contributed by atoms with Gasteiger partial charge in [-0.25, -0.2) is 4.68 Å². The number of aromatic nitrogens is 6. The fourth-order valence-electron chi connectivity index (χ4n) is 4.73. The number of rotatable bonds is 3. The first-order valence-corrected chi connectivity index (χ1v) is 10.7. The van der Waals surface area contributed by atoms with E-state index in [4.69, 9.17) is 4.98 Å². The van der Waals surface area contributed by atoms with Crippen LogP contribution in [0.25, 0.3) is 11.0 Å². The van der Waals surface area contributed by atoms with Gasteiger partial charge in [-0.1, -0.05) is 0 Å². The molecule has 30 heavy (non-hydrogen) atoms. The highest BCUT2D eigenvalue weighted by molar-refractivity contribution is 5.74. The summed E-state index contributed by atoms with van der Waals surface area (Å²) in [6.07, 6.45) is 7.70. The van der Waals surface area contributed by atoms with E-state index >= 15 is 0 Å². The van der Waals surface area contributed by atoms with Gasteiger partial charge in [0.2, 0.25) is 5.95 Å². The van der Waals surface area contributed by atoms with Gasteiger partial charge in [-0.05, 0) is 50.0 Å². The van der Waals surface area contributed by atoms with Crippen LogP contribution in [0, 0.1) is 5.92 Å². The molecule has 0 radical (unpaired) electrons. The minimum Gasteiger partial charge on any atom is -0.342 e. The summed E-state index contributed by atoms with van der Waals surface area (Å²) in [7, 11) is 3.56. The third-order valence-corrected chi connectivity index (χ3v) is 6.55. The number of fused-ring (bicyclic) bond motifs is 2. The molecule has 3 aromatic heterocycles. The zero-order valence-electron chi connectivity index (χ0n) is 17.5. The van der Waals surface area contributed by atoms with Gasteiger partial charge in [-0.15, -0.1) is 0 Å². The Kier molecular flexibility index (Phi) is 4.67. The molecule has 0 amide bonds. The van der Waals surface area contributed by atoms with E-state index in [0.29, 0.717) is 29.4 Å². The maximum Gasteiger partial charge on any atom is 0.267 e. The Morgan fingerprint density at radius 2 is 1.87 bits per heavy atom. The second-order valence-corrected chi connectivity index (χ2v) is 8.56. The molecule has 4 heterocycles. The van der Waals surface area contributed by atoms with Crippen molar-refractivity contribution in [3.8, 4) is 0 Å². The first-order chi connectivity index (χ1) is 14.5. The van der Waals surface area contributed by atoms with Crippen molar-refractivity contribution in [3.63, 3.8) is 0 Å². The molecule has 3 aromatic rings. The van der Waals surface area contributed by atoms with Crippen LogP contribution in [0.1, 0.15) is 36.9 Å². The summed E-state index contributed by atoms with van der Waals surface area (Å²) in [5.74, 6) is 1.07. The predicted octanol–water partition coefficient (Wildman–Crippen LogP) is 1.02. The van der Waals surface area contributed by atoms with E-state index in [9.17, 15) is 9.59 Å². The van der Waals surface area contributed by atoms with Crippen molar-refractivity contribution in [3.05, 3.63) is 44.2 Å². The lowest BCUT2D eigenvalue weighted by Gasteiger charge is -2.33. The zero-order chi connectivity index (χ0) is 20.8. The van der Waals surface area contributed by atoms with Crippen LogP contribution in [0.4, 0.5) is 5.95 Å². The zero-order valence-corrected chi connectivity index (χ0v) is 17.5. The highest BCUT2D eigenvalue weighted by Gasteiger charge is 2.24. The summed E-state index contributed by atoms with van der Waals surface area (Å²) in [5.41, 5.74) is 2.79. The minimum absolute atomic E-state index is 0.0174. The third kappa shape index (κ3) is 3.22. The summed E-state index contributed by atoms with van der Waals surface area (Å²) >= 11 is 0. The maximum atomic E-state index is 12.7. The quantitative estimate of drug-likeness (QED) is 0.642. The van der Waals surface area contributed by atoms with Crippen LogP contribution in [-0.4, -0.2) is 42.2 Å². The summed E-state index contributed by atoms with van der Waals surface area (Å²) in [5, 5.41) is 9.37. The predicted molar refractivity (Wildman–Crippen MR) is 114 cm³/mol. The Balaban J connectivity index is 1.32. The van der Waals surface area contributed by atoms with Crippen molar-refractivity contribution in [1.82, 2.24) is 29.1 Å². The molecule has 0 atom stereocenters. The van der Waals surface area contributed by atoms with Crippen molar-refractivity contribution in [2.24, 2.45) is 20.0 Å². The molecule has 0 aromatic carbocycles. The molecular weight excluding hydrogens is 382 g/mol. The summed E-state index contributed by atoms with van der Waals surface area (Å²) < 4.78 is 4.92. The maximum absolute atomic E-state index is 12.7. The smallest absolute Gasteiger partial charge is 0.267 e. The second-order valence-electron chi connectivity index (χ2n) is 8.56. The Bertz CT molecular complexity index is 1210. The second kappa shape index (κ2) is 7.37. The van der Waals surface area contributed by atoms with Crippen molar-refractivity contribution in [2.45, 2.75) is 45.1 Å². The topological polar surface area (TPSA) is 90.8 Å². The van der Waals surface area contributed by atoms with Gasteiger partial charge in [0, 0.05) is 39.8 Å². The van der Waals surface area contributed by atoms with Gasteiger partial charge >= 0.3 is 0 Å². The van der Waals surface area contributed by atoms with E-state index in [0.717, 1.165) is 62.9 Å². The summed E-state index contributed by atoms with van der Waals surface area (Å²) in [4.78, 5) is 32.0. The van der Waals surface area contributed by atoms with Crippen molar-refractivity contribution < 1.29 is 0 Å². The first kappa shape index (κ1) is 19.0. The van der Waals surface area contributed by atoms with Gasteiger partial charge in [-0.2, -0.15) is 15.2 Å². The normalized spacial score (nSPS) is 17.5. The Morgan fingerprint density at radius 3 is 2.67 bits per heavy atom. The minimum atomic E-state index is -0.0740. The van der Waals surface area contributed by atoms with Gasteiger partial charge in [0.25, 0.3) is 11.1 Å². The Morgan fingerprint density at radius 1 is 1.10 bits per heavy atom. The summed E-state index contributed by atoms with van der Waals surface area (Å²) in [6, 6.07) is 1.79. The monoisotopic (exact) mass is 409 g/mol.